The molecular weight excluding hydrogens is 316 g/mol. The minimum atomic E-state index is -0.792. The van der Waals surface area contributed by atoms with E-state index >= 15 is 0 Å². The summed E-state index contributed by atoms with van der Waals surface area (Å²) in [6, 6.07) is 7.90. The Balaban J connectivity index is 1.66. The highest BCUT2D eigenvalue weighted by molar-refractivity contribution is 6.05. The van der Waals surface area contributed by atoms with Crippen LogP contribution in [0.4, 0.5) is 0 Å². The molecule has 1 amide bonds. The summed E-state index contributed by atoms with van der Waals surface area (Å²) in [6.07, 6.45) is 5.08. The molecule has 5 heteroatoms. The van der Waals surface area contributed by atoms with Crippen LogP contribution in [0.2, 0.25) is 0 Å². The van der Waals surface area contributed by atoms with Crippen molar-refractivity contribution in [3.8, 4) is 0 Å². The van der Waals surface area contributed by atoms with Gasteiger partial charge in [0.05, 0.1) is 11.1 Å². The van der Waals surface area contributed by atoms with Gasteiger partial charge in [-0.3, -0.25) is 9.78 Å². The van der Waals surface area contributed by atoms with Crippen LogP contribution in [0.5, 0.6) is 0 Å². The molecule has 0 spiro atoms. The first-order chi connectivity index (χ1) is 12.1. The number of benzene rings is 1. The molecule has 0 aliphatic heterocycles. The highest BCUT2D eigenvalue weighted by atomic mass is 16.5. The predicted molar refractivity (Wildman–Crippen MR) is 94.4 cm³/mol. The Bertz CT molecular complexity index is 842. The van der Waals surface area contributed by atoms with Crippen molar-refractivity contribution in [1.29, 1.82) is 0 Å². The third kappa shape index (κ3) is 3.23. The summed E-state index contributed by atoms with van der Waals surface area (Å²) in [6.45, 7) is 1.63. The maximum absolute atomic E-state index is 12.9. The molecule has 4 rings (SSSR count). The van der Waals surface area contributed by atoms with E-state index in [2.05, 4.69) is 5.32 Å². The fourth-order valence-corrected chi connectivity index (χ4v) is 3.42. The zero-order valence-electron chi connectivity index (χ0n) is 14.4. The lowest BCUT2D eigenvalue weighted by atomic mass is 9.90. The average molecular weight is 338 g/mol. The van der Waals surface area contributed by atoms with Crippen LogP contribution in [0.15, 0.2) is 24.3 Å². The maximum Gasteiger partial charge on any atom is 0.339 e. The largest absolute Gasteiger partial charge is 0.449 e. The SMILES string of the molecule is C[C@@H](OC(=O)c1c2c(nc3ccccc13)CCCC2)C(=O)NC1CC1. The summed E-state index contributed by atoms with van der Waals surface area (Å²) in [7, 11) is 0. The second-order valence-electron chi connectivity index (χ2n) is 6.97. The number of amides is 1. The van der Waals surface area contributed by atoms with Gasteiger partial charge in [-0.25, -0.2) is 4.79 Å². The first-order valence-electron chi connectivity index (χ1n) is 9.05. The molecule has 0 radical (unpaired) electrons. The van der Waals surface area contributed by atoms with Crippen LogP contribution in [-0.2, 0) is 22.4 Å². The summed E-state index contributed by atoms with van der Waals surface area (Å²) < 4.78 is 5.52. The lowest BCUT2D eigenvalue weighted by Gasteiger charge is -2.21. The minimum absolute atomic E-state index is 0.219. The number of rotatable bonds is 4. The number of nitrogens with one attached hydrogen (secondary N) is 1. The quantitative estimate of drug-likeness (QED) is 0.870. The number of aryl methyl sites for hydroxylation is 1. The maximum atomic E-state index is 12.9. The molecule has 1 aromatic heterocycles. The average Bonchev–Trinajstić information content (AvgIpc) is 3.43. The normalized spacial score (nSPS) is 17.6. The van der Waals surface area contributed by atoms with Gasteiger partial charge in [-0.1, -0.05) is 18.2 Å². The molecule has 5 nitrogen and oxygen atoms in total. The number of nitrogens with zero attached hydrogens (tertiary/aromatic N) is 1. The Morgan fingerprint density at radius 2 is 1.96 bits per heavy atom. The number of ether oxygens (including phenoxy) is 1. The number of hydrogen-bond acceptors (Lipinski definition) is 4. The van der Waals surface area contributed by atoms with Crippen LogP contribution in [0.25, 0.3) is 10.9 Å². The van der Waals surface area contributed by atoms with Gasteiger partial charge in [0.15, 0.2) is 6.10 Å². The van der Waals surface area contributed by atoms with Crippen LogP contribution in [0, 0.1) is 0 Å². The van der Waals surface area contributed by atoms with Crippen molar-refractivity contribution in [3.63, 3.8) is 0 Å². The van der Waals surface area contributed by atoms with Gasteiger partial charge in [0.1, 0.15) is 0 Å². The van der Waals surface area contributed by atoms with E-state index in [0.717, 1.165) is 60.7 Å². The fraction of sp³-hybridized carbons (Fsp3) is 0.450. The van der Waals surface area contributed by atoms with Gasteiger partial charge >= 0.3 is 5.97 Å². The van der Waals surface area contributed by atoms with Gasteiger partial charge in [0.2, 0.25) is 0 Å². The van der Waals surface area contributed by atoms with E-state index in [4.69, 9.17) is 9.72 Å². The van der Waals surface area contributed by atoms with Crippen LogP contribution < -0.4 is 5.32 Å². The summed E-state index contributed by atoms with van der Waals surface area (Å²) in [5.41, 5.74) is 3.38. The number of pyridine rings is 1. The van der Waals surface area contributed by atoms with Gasteiger partial charge in [-0.15, -0.1) is 0 Å². The van der Waals surface area contributed by atoms with E-state index in [-0.39, 0.29) is 11.9 Å². The molecule has 1 aromatic carbocycles. The number of carbonyl (C=O) groups excluding carboxylic acids is 2. The van der Waals surface area contributed by atoms with E-state index in [9.17, 15) is 9.59 Å². The standard InChI is InChI=1S/C20H22N2O3/c1-12(19(23)21-13-10-11-13)25-20(24)18-14-6-2-4-8-16(14)22-17-9-5-3-7-15(17)18/h2,4,6,8,12-13H,3,5,7,9-11H2,1H3,(H,21,23)/t12-/m1/s1. The van der Waals surface area contributed by atoms with E-state index in [1.165, 1.54) is 0 Å². The zero-order valence-corrected chi connectivity index (χ0v) is 14.4. The van der Waals surface area contributed by atoms with Crippen molar-refractivity contribution >= 4 is 22.8 Å². The van der Waals surface area contributed by atoms with Crippen molar-refractivity contribution < 1.29 is 14.3 Å². The third-order valence-electron chi connectivity index (χ3n) is 4.95. The summed E-state index contributed by atoms with van der Waals surface area (Å²) in [4.78, 5) is 29.8. The molecule has 25 heavy (non-hydrogen) atoms. The van der Waals surface area contributed by atoms with Crippen LogP contribution in [-0.4, -0.2) is 29.0 Å². The van der Waals surface area contributed by atoms with Crippen molar-refractivity contribution in [2.75, 3.05) is 0 Å². The Morgan fingerprint density at radius 3 is 2.76 bits per heavy atom. The van der Waals surface area contributed by atoms with Gasteiger partial charge in [-0.2, -0.15) is 0 Å². The van der Waals surface area contributed by atoms with Gasteiger partial charge < -0.3 is 10.1 Å². The monoisotopic (exact) mass is 338 g/mol. The molecule has 1 saturated carbocycles. The number of para-hydroxylation sites is 1. The molecule has 130 valence electrons. The minimum Gasteiger partial charge on any atom is -0.449 e. The van der Waals surface area contributed by atoms with Crippen LogP contribution in [0.3, 0.4) is 0 Å². The van der Waals surface area contributed by atoms with E-state index in [0.29, 0.717) is 5.56 Å². The van der Waals surface area contributed by atoms with Crippen LogP contribution in [0.1, 0.15) is 54.2 Å². The smallest absolute Gasteiger partial charge is 0.339 e. The second-order valence-corrected chi connectivity index (χ2v) is 6.97. The Labute approximate surface area is 146 Å². The van der Waals surface area contributed by atoms with Crippen molar-refractivity contribution in [2.24, 2.45) is 0 Å². The molecule has 0 bridgehead atoms. The molecular formula is C20H22N2O3. The highest BCUT2D eigenvalue weighted by Gasteiger charge is 2.29. The number of fused-ring (bicyclic) bond motifs is 2. The van der Waals surface area contributed by atoms with Gasteiger partial charge in [-0.05, 0) is 57.1 Å². The third-order valence-corrected chi connectivity index (χ3v) is 4.95. The van der Waals surface area contributed by atoms with Gasteiger partial charge in [0.25, 0.3) is 5.91 Å². The Hall–Kier alpha value is -2.43. The highest BCUT2D eigenvalue weighted by Crippen LogP contribution is 2.30. The summed E-state index contributed by atoms with van der Waals surface area (Å²) in [5.74, 6) is -0.640. The lowest BCUT2D eigenvalue weighted by Crippen LogP contribution is -2.37. The molecule has 1 fully saturated rings. The number of hydrogen-bond donors (Lipinski definition) is 1. The summed E-state index contributed by atoms with van der Waals surface area (Å²) >= 11 is 0. The first-order valence-corrected chi connectivity index (χ1v) is 9.05. The van der Waals surface area contributed by atoms with E-state index in [1.807, 2.05) is 24.3 Å². The molecule has 2 aliphatic rings. The number of carbonyl (C=O) groups is 2. The molecule has 1 heterocycles. The van der Waals surface area contributed by atoms with E-state index in [1.54, 1.807) is 6.92 Å². The second kappa shape index (κ2) is 6.47. The lowest BCUT2D eigenvalue weighted by molar-refractivity contribution is -0.129. The molecule has 2 aromatic rings. The van der Waals surface area contributed by atoms with Crippen molar-refractivity contribution in [1.82, 2.24) is 10.3 Å². The predicted octanol–water partition coefficient (Wildman–Crippen LogP) is 2.94. The number of aromatic nitrogens is 1. The molecule has 0 saturated heterocycles. The Morgan fingerprint density at radius 1 is 1.20 bits per heavy atom. The topological polar surface area (TPSA) is 68.3 Å². The summed E-state index contributed by atoms with van der Waals surface area (Å²) in [5, 5.41) is 3.69. The van der Waals surface area contributed by atoms with Gasteiger partial charge in [0, 0.05) is 17.1 Å². The Kier molecular flexibility index (Phi) is 4.15. The number of esters is 1. The zero-order chi connectivity index (χ0) is 17.4. The van der Waals surface area contributed by atoms with Crippen LogP contribution >= 0.6 is 0 Å². The molecule has 1 N–H and O–H groups in total. The fourth-order valence-electron chi connectivity index (χ4n) is 3.42. The van der Waals surface area contributed by atoms with E-state index < -0.39 is 12.1 Å². The first kappa shape index (κ1) is 16.1. The molecule has 1 atom stereocenters. The molecule has 0 unspecified atom stereocenters. The molecule has 2 aliphatic carbocycles. The van der Waals surface area contributed by atoms with Crippen molar-refractivity contribution in [3.05, 3.63) is 41.1 Å². The van der Waals surface area contributed by atoms with Crippen molar-refractivity contribution in [2.45, 2.75) is 57.6 Å².